The SMILES string of the molecule is COC(=O)C1=CCCc2cc(OC)ccc21. The molecule has 0 atom stereocenters. The summed E-state index contributed by atoms with van der Waals surface area (Å²) in [6, 6.07) is 5.75. The summed E-state index contributed by atoms with van der Waals surface area (Å²) in [7, 11) is 3.04. The largest absolute Gasteiger partial charge is 0.497 e. The number of benzene rings is 1. The zero-order valence-corrected chi connectivity index (χ0v) is 9.45. The number of esters is 1. The zero-order chi connectivity index (χ0) is 11.5. The van der Waals surface area contributed by atoms with Crippen LogP contribution in [0.2, 0.25) is 0 Å². The van der Waals surface area contributed by atoms with Gasteiger partial charge in [-0.1, -0.05) is 12.1 Å². The van der Waals surface area contributed by atoms with Gasteiger partial charge in [-0.2, -0.15) is 0 Å². The first-order valence-electron chi connectivity index (χ1n) is 5.22. The van der Waals surface area contributed by atoms with Crippen molar-refractivity contribution in [2.45, 2.75) is 12.8 Å². The Labute approximate surface area is 94.7 Å². The number of allylic oxidation sites excluding steroid dienone is 1. The van der Waals surface area contributed by atoms with Crippen LogP contribution in [0.4, 0.5) is 0 Å². The average Bonchev–Trinajstić information content (AvgIpc) is 2.36. The first kappa shape index (κ1) is 10.7. The Hall–Kier alpha value is -1.77. The van der Waals surface area contributed by atoms with Crippen LogP contribution >= 0.6 is 0 Å². The van der Waals surface area contributed by atoms with Crippen LogP contribution in [0.1, 0.15) is 17.5 Å². The fourth-order valence-corrected chi connectivity index (χ4v) is 1.95. The molecular formula is C13H14O3. The zero-order valence-electron chi connectivity index (χ0n) is 9.45. The molecule has 3 heteroatoms. The van der Waals surface area contributed by atoms with Crippen molar-refractivity contribution >= 4 is 11.5 Å². The minimum Gasteiger partial charge on any atom is -0.497 e. The Morgan fingerprint density at radius 3 is 2.81 bits per heavy atom. The molecule has 16 heavy (non-hydrogen) atoms. The predicted octanol–water partition coefficient (Wildman–Crippen LogP) is 2.20. The molecule has 0 saturated carbocycles. The molecule has 0 N–H and O–H groups in total. The maximum atomic E-state index is 11.6. The van der Waals surface area contributed by atoms with Crippen molar-refractivity contribution in [1.82, 2.24) is 0 Å². The molecule has 2 rings (SSSR count). The van der Waals surface area contributed by atoms with E-state index in [1.54, 1.807) is 7.11 Å². The summed E-state index contributed by atoms with van der Waals surface area (Å²) in [6.07, 6.45) is 3.73. The lowest BCUT2D eigenvalue weighted by Gasteiger charge is -2.16. The van der Waals surface area contributed by atoms with Crippen LogP contribution in [0.3, 0.4) is 0 Å². The van der Waals surface area contributed by atoms with Crippen LogP contribution in [0, 0.1) is 0 Å². The fraction of sp³-hybridized carbons (Fsp3) is 0.308. The third-order valence-corrected chi connectivity index (χ3v) is 2.77. The summed E-state index contributed by atoms with van der Waals surface area (Å²) < 4.78 is 9.93. The van der Waals surface area contributed by atoms with Crippen molar-refractivity contribution in [3.05, 3.63) is 35.4 Å². The topological polar surface area (TPSA) is 35.5 Å². The summed E-state index contributed by atoms with van der Waals surface area (Å²) >= 11 is 0. The van der Waals surface area contributed by atoms with Crippen LogP contribution in [-0.4, -0.2) is 20.2 Å². The molecule has 84 valence electrons. The lowest BCUT2D eigenvalue weighted by atomic mass is 9.90. The van der Waals surface area contributed by atoms with Gasteiger partial charge in [-0.05, 0) is 36.1 Å². The van der Waals surface area contributed by atoms with Crippen molar-refractivity contribution in [2.75, 3.05) is 14.2 Å². The molecule has 0 fully saturated rings. The van der Waals surface area contributed by atoms with Gasteiger partial charge in [0.05, 0.1) is 19.8 Å². The third kappa shape index (κ3) is 1.81. The normalized spacial score (nSPS) is 13.8. The molecular weight excluding hydrogens is 204 g/mol. The number of methoxy groups -OCH3 is 2. The Kier molecular flexibility index (Phi) is 2.95. The molecule has 1 aromatic rings. The standard InChI is InChI=1S/C13H14O3/c1-15-10-6-7-11-9(8-10)4-3-5-12(11)13(14)16-2/h5-8H,3-4H2,1-2H3. The van der Waals surface area contributed by atoms with E-state index in [0.717, 1.165) is 29.7 Å². The van der Waals surface area contributed by atoms with Crippen LogP contribution < -0.4 is 4.74 Å². The van der Waals surface area contributed by atoms with Gasteiger partial charge in [0.25, 0.3) is 0 Å². The first-order valence-corrected chi connectivity index (χ1v) is 5.22. The summed E-state index contributed by atoms with van der Waals surface area (Å²) in [4.78, 5) is 11.6. The number of carbonyl (C=O) groups is 1. The lowest BCUT2D eigenvalue weighted by molar-refractivity contribution is -0.133. The minimum absolute atomic E-state index is 0.272. The minimum atomic E-state index is -0.272. The second-order valence-electron chi connectivity index (χ2n) is 3.67. The van der Waals surface area contributed by atoms with Crippen molar-refractivity contribution in [1.29, 1.82) is 0 Å². The maximum Gasteiger partial charge on any atom is 0.338 e. The molecule has 0 saturated heterocycles. The molecule has 0 aromatic heterocycles. The van der Waals surface area contributed by atoms with Gasteiger partial charge in [0, 0.05) is 0 Å². The van der Waals surface area contributed by atoms with E-state index in [1.165, 1.54) is 7.11 Å². The number of ether oxygens (including phenoxy) is 2. The Bertz CT molecular complexity index is 446. The number of carbonyl (C=O) groups excluding carboxylic acids is 1. The molecule has 0 unspecified atom stereocenters. The van der Waals surface area contributed by atoms with Crippen LogP contribution in [-0.2, 0) is 16.0 Å². The fourth-order valence-electron chi connectivity index (χ4n) is 1.95. The Morgan fingerprint density at radius 1 is 1.31 bits per heavy atom. The van der Waals surface area contributed by atoms with Gasteiger partial charge in [-0.25, -0.2) is 4.79 Å². The van der Waals surface area contributed by atoms with Crippen LogP contribution in [0.25, 0.3) is 5.57 Å². The summed E-state index contributed by atoms with van der Waals surface area (Å²) in [6.45, 7) is 0. The average molecular weight is 218 g/mol. The quantitative estimate of drug-likeness (QED) is 0.714. The van der Waals surface area contributed by atoms with E-state index in [-0.39, 0.29) is 5.97 Å². The van der Waals surface area contributed by atoms with Gasteiger partial charge in [-0.3, -0.25) is 0 Å². The first-order chi connectivity index (χ1) is 7.76. The van der Waals surface area contributed by atoms with Crippen LogP contribution in [0.5, 0.6) is 5.75 Å². The highest BCUT2D eigenvalue weighted by Crippen LogP contribution is 2.30. The Morgan fingerprint density at radius 2 is 2.12 bits per heavy atom. The van der Waals surface area contributed by atoms with Gasteiger partial charge in [-0.15, -0.1) is 0 Å². The smallest absolute Gasteiger partial charge is 0.338 e. The van der Waals surface area contributed by atoms with Gasteiger partial charge in [0.1, 0.15) is 5.75 Å². The molecule has 1 aliphatic carbocycles. The van der Waals surface area contributed by atoms with E-state index in [4.69, 9.17) is 9.47 Å². The number of aryl methyl sites for hydroxylation is 1. The molecule has 1 aliphatic rings. The number of fused-ring (bicyclic) bond motifs is 1. The van der Waals surface area contributed by atoms with Crippen molar-refractivity contribution < 1.29 is 14.3 Å². The predicted molar refractivity (Wildman–Crippen MR) is 61.3 cm³/mol. The highest BCUT2D eigenvalue weighted by Gasteiger charge is 2.19. The van der Waals surface area contributed by atoms with E-state index >= 15 is 0 Å². The monoisotopic (exact) mass is 218 g/mol. The van der Waals surface area contributed by atoms with E-state index in [2.05, 4.69) is 0 Å². The van der Waals surface area contributed by atoms with E-state index in [0.29, 0.717) is 5.57 Å². The van der Waals surface area contributed by atoms with Crippen molar-refractivity contribution in [3.8, 4) is 5.75 Å². The third-order valence-electron chi connectivity index (χ3n) is 2.77. The van der Waals surface area contributed by atoms with Gasteiger partial charge >= 0.3 is 5.97 Å². The summed E-state index contributed by atoms with van der Waals surface area (Å²) in [5.74, 6) is 0.552. The summed E-state index contributed by atoms with van der Waals surface area (Å²) in [5.41, 5.74) is 2.76. The summed E-state index contributed by atoms with van der Waals surface area (Å²) in [5, 5.41) is 0. The Balaban J connectivity index is 2.43. The maximum absolute atomic E-state index is 11.6. The molecule has 0 heterocycles. The number of rotatable bonds is 2. The molecule has 0 aliphatic heterocycles. The second-order valence-corrected chi connectivity index (χ2v) is 3.67. The highest BCUT2D eigenvalue weighted by atomic mass is 16.5. The van der Waals surface area contributed by atoms with Crippen molar-refractivity contribution in [2.24, 2.45) is 0 Å². The van der Waals surface area contributed by atoms with Crippen LogP contribution in [0.15, 0.2) is 24.3 Å². The molecule has 0 amide bonds. The van der Waals surface area contributed by atoms with Crippen molar-refractivity contribution in [3.63, 3.8) is 0 Å². The molecule has 0 bridgehead atoms. The van der Waals surface area contributed by atoms with Gasteiger partial charge < -0.3 is 9.47 Å². The van der Waals surface area contributed by atoms with Gasteiger partial charge in [0.2, 0.25) is 0 Å². The molecule has 1 aromatic carbocycles. The molecule has 0 spiro atoms. The second kappa shape index (κ2) is 4.39. The number of hydrogen-bond acceptors (Lipinski definition) is 3. The number of hydrogen-bond donors (Lipinski definition) is 0. The van der Waals surface area contributed by atoms with E-state index < -0.39 is 0 Å². The lowest BCUT2D eigenvalue weighted by Crippen LogP contribution is -2.09. The molecule has 3 nitrogen and oxygen atoms in total. The van der Waals surface area contributed by atoms with E-state index in [9.17, 15) is 4.79 Å². The molecule has 0 radical (unpaired) electrons. The van der Waals surface area contributed by atoms with Gasteiger partial charge in [0.15, 0.2) is 0 Å². The highest BCUT2D eigenvalue weighted by molar-refractivity contribution is 6.17. The van der Waals surface area contributed by atoms with E-state index in [1.807, 2.05) is 24.3 Å².